The van der Waals surface area contributed by atoms with E-state index in [4.69, 9.17) is 9.15 Å². The Balaban J connectivity index is 1.77. The van der Waals surface area contributed by atoms with Crippen LogP contribution in [0.5, 0.6) is 5.75 Å². The molecule has 2 amide bonds. The Morgan fingerprint density at radius 3 is 2.42 bits per heavy atom. The fourth-order valence-electron chi connectivity index (χ4n) is 3.96. The van der Waals surface area contributed by atoms with Crippen LogP contribution in [0.1, 0.15) is 47.8 Å². The lowest BCUT2D eigenvalue weighted by atomic mass is 10.0. The summed E-state index contributed by atoms with van der Waals surface area (Å²) in [5.41, 5.74) is 1.23. The number of nitrogens with zero attached hydrogens (tertiary/aromatic N) is 2. The summed E-state index contributed by atoms with van der Waals surface area (Å²) in [7, 11) is 1.58. The molecule has 1 saturated carbocycles. The smallest absolute Gasteiger partial charge is 0.294 e. The molecule has 1 atom stereocenters. The first-order valence-electron chi connectivity index (χ1n) is 10.4. The molecule has 0 radical (unpaired) electrons. The molecule has 1 aliphatic rings. The Morgan fingerprint density at radius 2 is 1.81 bits per heavy atom. The molecule has 0 aliphatic heterocycles. The Hall–Kier alpha value is -3.61. The lowest BCUT2D eigenvalue weighted by Crippen LogP contribution is -2.46. The molecule has 7 heteroatoms. The first kappa shape index (κ1) is 20.7. The molecule has 0 bridgehead atoms. The van der Waals surface area contributed by atoms with E-state index in [-0.39, 0.29) is 17.7 Å². The van der Waals surface area contributed by atoms with Gasteiger partial charge in [-0.05, 0) is 66.9 Å². The summed E-state index contributed by atoms with van der Waals surface area (Å²) in [6, 6.07) is 13.0. The van der Waals surface area contributed by atoms with Crippen LogP contribution < -0.4 is 15.0 Å². The number of methoxy groups -OCH3 is 1. The molecule has 1 fully saturated rings. The minimum atomic E-state index is -0.880. The third-order valence-electron chi connectivity index (χ3n) is 5.53. The van der Waals surface area contributed by atoms with E-state index in [0.717, 1.165) is 25.7 Å². The van der Waals surface area contributed by atoms with Gasteiger partial charge in [0.1, 0.15) is 11.8 Å². The maximum Gasteiger partial charge on any atom is 0.294 e. The second kappa shape index (κ2) is 9.47. The van der Waals surface area contributed by atoms with Crippen LogP contribution >= 0.6 is 0 Å². The molecule has 7 nitrogen and oxygen atoms in total. The number of hydrogen-bond donors (Lipinski definition) is 1. The first-order chi connectivity index (χ1) is 15.2. The number of carbonyl (C=O) groups excluding carboxylic acids is 2. The zero-order valence-electron chi connectivity index (χ0n) is 17.4. The summed E-state index contributed by atoms with van der Waals surface area (Å²) >= 11 is 0. The van der Waals surface area contributed by atoms with E-state index >= 15 is 0 Å². The highest BCUT2D eigenvalue weighted by atomic mass is 16.5. The topological polar surface area (TPSA) is 84.7 Å². The minimum Gasteiger partial charge on any atom is -0.497 e. The number of aromatic nitrogens is 1. The van der Waals surface area contributed by atoms with E-state index in [1.165, 1.54) is 11.2 Å². The van der Waals surface area contributed by atoms with Crippen molar-refractivity contribution < 1.29 is 18.7 Å². The highest BCUT2D eigenvalue weighted by molar-refractivity contribution is 6.08. The molecule has 0 unspecified atom stereocenters. The van der Waals surface area contributed by atoms with E-state index in [1.54, 1.807) is 68.0 Å². The normalized spacial score (nSPS) is 14.7. The van der Waals surface area contributed by atoms with Gasteiger partial charge in [-0.3, -0.25) is 19.5 Å². The van der Waals surface area contributed by atoms with Crippen molar-refractivity contribution in [1.82, 2.24) is 10.3 Å². The van der Waals surface area contributed by atoms with Crippen molar-refractivity contribution in [2.45, 2.75) is 37.8 Å². The van der Waals surface area contributed by atoms with E-state index in [0.29, 0.717) is 17.0 Å². The Kier molecular flexibility index (Phi) is 6.31. The lowest BCUT2D eigenvalue weighted by Gasteiger charge is -2.31. The summed E-state index contributed by atoms with van der Waals surface area (Å²) in [6.45, 7) is 0. The van der Waals surface area contributed by atoms with E-state index in [9.17, 15) is 9.59 Å². The van der Waals surface area contributed by atoms with Crippen LogP contribution in [-0.4, -0.2) is 29.9 Å². The van der Waals surface area contributed by atoms with Crippen molar-refractivity contribution in [2.24, 2.45) is 0 Å². The standard InChI is InChI=1S/C24H25N3O4/c1-30-20-10-8-19(9-11-20)27(24(29)21-7-4-16-31-21)22(17-12-14-25-15-13-17)23(28)26-18-5-2-3-6-18/h4,7-16,18,22H,2-3,5-6H2,1H3,(H,26,28)/t22-/m1/s1. The second-order valence-electron chi connectivity index (χ2n) is 7.52. The summed E-state index contributed by atoms with van der Waals surface area (Å²) in [6.07, 6.45) is 8.77. The summed E-state index contributed by atoms with van der Waals surface area (Å²) in [5, 5.41) is 3.14. The molecule has 4 rings (SSSR count). The van der Waals surface area contributed by atoms with Crippen LogP contribution in [0.3, 0.4) is 0 Å². The number of anilines is 1. The Bertz CT molecular complexity index is 997. The number of carbonyl (C=O) groups is 2. The highest BCUT2D eigenvalue weighted by Crippen LogP contribution is 2.31. The van der Waals surface area contributed by atoms with Gasteiger partial charge in [0, 0.05) is 24.1 Å². The molecule has 3 aromatic rings. The third kappa shape index (κ3) is 4.60. The molecule has 1 aliphatic carbocycles. The van der Waals surface area contributed by atoms with Crippen molar-refractivity contribution in [3.8, 4) is 5.75 Å². The van der Waals surface area contributed by atoms with Gasteiger partial charge in [-0.2, -0.15) is 0 Å². The maximum absolute atomic E-state index is 13.5. The second-order valence-corrected chi connectivity index (χ2v) is 7.52. The fraction of sp³-hybridized carbons (Fsp3) is 0.292. The first-order valence-corrected chi connectivity index (χ1v) is 10.4. The zero-order valence-corrected chi connectivity index (χ0v) is 17.4. The van der Waals surface area contributed by atoms with Crippen LogP contribution in [0.25, 0.3) is 0 Å². The van der Waals surface area contributed by atoms with Crippen LogP contribution in [-0.2, 0) is 4.79 Å². The number of benzene rings is 1. The van der Waals surface area contributed by atoms with Crippen molar-refractivity contribution in [1.29, 1.82) is 0 Å². The Labute approximate surface area is 181 Å². The summed E-state index contributed by atoms with van der Waals surface area (Å²) in [4.78, 5) is 32.6. The largest absolute Gasteiger partial charge is 0.497 e. The number of pyridine rings is 1. The van der Waals surface area contributed by atoms with Crippen LogP contribution in [0.15, 0.2) is 71.6 Å². The monoisotopic (exact) mass is 419 g/mol. The highest BCUT2D eigenvalue weighted by Gasteiger charge is 2.35. The van der Waals surface area contributed by atoms with Crippen molar-refractivity contribution >= 4 is 17.5 Å². The molecular weight excluding hydrogens is 394 g/mol. The number of nitrogens with one attached hydrogen (secondary N) is 1. The van der Waals surface area contributed by atoms with Crippen molar-refractivity contribution in [3.63, 3.8) is 0 Å². The van der Waals surface area contributed by atoms with Gasteiger partial charge in [0.05, 0.1) is 13.4 Å². The predicted molar refractivity (Wildman–Crippen MR) is 116 cm³/mol. The zero-order chi connectivity index (χ0) is 21.6. The summed E-state index contributed by atoms with van der Waals surface area (Å²) in [5.74, 6) is 0.181. The number of amides is 2. The molecule has 1 aromatic carbocycles. The number of ether oxygens (including phenoxy) is 1. The van der Waals surface area contributed by atoms with Gasteiger partial charge in [0.25, 0.3) is 5.91 Å². The van der Waals surface area contributed by atoms with Gasteiger partial charge in [-0.1, -0.05) is 12.8 Å². The molecule has 2 aromatic heterocycles. The predicted octanol–water partition coefficient (Wildman–Crippen LogP) is 4.13. The molecular formula is C24H25N3O4. The van der Waals surface area contributed by atoms with E-state index in [1.807, 2.05) is 0 Å². The van der Waals surface area contributed by atoms with Crippen molar-refractivity contribution in [2.75, 3.05) is 12.0 Å². The molecule has 2 heterocycles. The van der Waals surface area contributed by atoms with E-state index < -0.39 is 11.9 Å². The average Bonchev–Trinajstić information content (AvgIpc) is 3.52. The average molecular weight is 419 g/mol. The van der Waals surface area contributed by atoms with Gasteiger partial charge in [0.2, 0.25) is 5.91 Å². The molecule has 0 spiro atoms. The lowest BCUT2D eigenvalue weighted by molar-refractivity contribution is -0.123. The van der Waals surface area contributed by atoms with Crippen LogP contribution in [0.4, 0.5) is 5.69 Å². The van der Waals surface area contributed by atoms with Gasteiger partial charge >= 0.3 is 0 Å². The maximum atomic E-state index is 13.5. The van der Waals surface area contributed by atoms with Crippen LogP contribution in [0, 0.1) is 0 Å². The molecule has 0 saturated heterocycles. The van der Waals surface area contributed by atoms with Gasteiger partial charge in [-0.15, -0.1) is 0 Å². The number of furan rings is 1. The minimum absolute atomic E-state index is 0.119. The molecule has 1 N–H and O–H groups in total. The molecule has 31 heavy (non-hydrogen) atoms. The fourth-order valence-corrected chi connectivity index (χ4v) is 3.96. The summed E-state index contributed by atoms with van der Waals surface area (Å²) < 4.78 is 10.6. The SMILES string of the molecule is COc1ccc(N(C(=O)c2ccco2)[C@@H](C(=O)NC2CCCC2)c2ccncc2)cc1. The van der Waals surface area contributed by atoms with Crippen molar-refractivity contribution in [3.05, 3.63) is 78.5 Å². The number of rotatable bonds is 7. The third-order valence-corrected chi connectivity index (χ3v) is 5.53. The van der Waals surface area contributed by atoms with Gasteiger partial charge < -0.3 is 14.5 Å². The van der Waals surface area contributed by atoms with Gasteiger partial charge in [-0.25, -0.2) is 0 Å². The van der Waals surface area contributed by atoms with Gasteiger partial charge in [0.15, 0.2) is 5.76 Å². The number of hydrogen-bond acceptors (Lipinski definition) is 5. The van der Waals surface area contributed by atoms with E-state index in [2.05, 4.69) is 10.3 Å². The quantitative estimate of drug-likeness (QED) is 0.622. The molecule has 160 valence electrons. The Morgan fingerprint density at radius 1 is 1.10 bits per heavy atom. The van der Waals surface area contributed by atoms with Crippen LogP contribution in [0.2, 0.25) is 0 Å².